The SMILES string of the molecule is CC1CCC(C(=O)c2cccnc2)CC1. The molecule has 2 nitrogen and oxygen atoms in total. The van der Waals surface area contributed by atoms with Gasteiger partial charge in [0.1, 0.15) is 0 Å². The summed E-state index contributed by atoms with van der Waals surface area (Å²) in [5.41, 5.74) is 0.775. The third kappa shape index (κ3) is 2.44. The first-order valence-corrected chi connectivity index (χ1v) is 5.71. The van der Waals surface area contributed by atoms with Crippen molar-refractivity contribution in [1.82, 2.24) is 4.98 Å². The van der Waals surface area contributed by atoms with E-state index in [-0.39, 0.29) is 11.7 Å². The molecule has 80 valence electrons. The second kappa shape index (κ2) is 4.56. The highest BCUT2D eigenvalue weighted by Crippen LogP contribution is 2.30. The molecular weight excluding hydrogens is 186 g/mol. The van der Waals surface area contributed by atoms with Gasteiger partial charge in [0.25, 0.3) is 0 Å². The number of aromatic nitrogens is 1. The maximum atomic E-state index is 12.1. The van der Waals surface area contributed by atoms with Gasteiger partial charge in [-0.3, -0.25) is 9.78 Å². The summed E-state index contributed by atoms with van der Waals surface area (Å²) in [5, 5.41) is 0. The molecule has 1 heterocycles. The summed E-state index contributed by atoms with van der Waals surface area (Å²) in [4.78, 5) is 16.1. The molecule has 2 rings (SSSR count). The number of pyridine rings is 1. The third-order valence-corrected chi connectivity index (χ3v) is 3.33. The fourth-order valence-electron chi connectivity index (χ4n) is 2.27. The van der Waals surface area contributed by atoms with Gasteiger partial charge in [-0.15, -0.1) is 0 Å². The molecule has 1 saturated carbocycles. The summed E-state index contributed by atoms with van der Waals surface area (Å²) in [6, 6.07) is 3.70. The summed E-state index contributed by atoms with van der Waals surface area (Å²) >= 11 is 0. The molecule has 0 atom stereocenters. The number of Topliss-reactive ketones (excluding diaryl/α,β-unsaturated/α-hetero) is 1. The summed E-state index contributed by atoms with van der Waals surface area (Å²) in [6.07, 6.45) is 7.87. The summed E-state index contributed by atoms with van der Waals surface area (Å²) in [7, 11) is 0. The zero-order chi connectivity index (χ0) is 10.7. The molecule has 0 aromatic carbocycles. The van der Waals surface area contributed by atoms with Gasteiger partial charge in [-0.05, 0) is 30.9 Å². The van der Waals surface area contributed by atoms with Crippen LogP contribution in [0.5, 0.6) is 0 Å². The maximum absolute atomic E-state index is 12.1. The van der Waals surface area contributed by atoms with Crippen molar-refractivity contribution in [3.05, 3.63) is 30.1 Å². The molecule has 0 N–H and O–H groups in total. The van der Waals surface area contributed by atoms with Crippen LogP contribution in [0.4, 0.5) is 0 Å². The van der Waals surface area contributed by atoms with Gasteiger partial charge in [-0.1, -0.05) is 19.8 Å². The first-order valence-electron chi connectivity index (χ1n) is 5.71. The smallest absolute Gasteiger partial charge is 0.167 e. The van der Waals surface area contributed by atoms with Crippen LogP contribution in [-0.2, 0) is 0 Å². The fourth-order valence-corrected chi connectivity index (χ4v) is 2.27. The van der Waals surface area contributed by atoms with Crippen LogP contribution in [-0.4, -0.2) is 10.8 Å². The molecule has 2 heteroatoms. The molecule has 0 radical (unpaired) electrons. The highest BCUT2D eigenvalue weighted by molar-refractivity contribution is 5.97. The molecule has 0 amide bonds. The van der Waals surface area contributed by atoms with Gasteiger partial charge in [-0.25, -0.2) is 0 Å². The van der Waals surface area contributed by atoms with Gasteiger partial charge < -0.3 is 0 Å². The van der Waals surface area contributed by atoms with Crippen molar-refractivity contribution in [1.29, 1.82) is 0 Å². The van der Waals surface area contributed by atoms with E-state index in [1.807, 2.05) is 12.1 Å². The van der Waals surface area contributed by atoms with E-state index in [1.165, 1.54) is 12.8 Å². The number of carbonyl (C=O) groups excluding carboxylic acids is 1. The van der Waals surface area contributed by atoms with Crippen molar-refractivity contribution in [3.8, 4) is 0 Å². The molecule has 1 fully saturated rings. The Morgan fingerprint density at radius 2 is 2.07 bits per heavy atom. The Morgan fingerprint density at radius 1 is 1.33 bits per heavy atom. The van der Waals surface area contributed by atoms with Crippen molar-refractivity contribution in [2.24, 2.45) is 11.8 Å². The van der Waals surface area contributed by atoms with E-state index < -0.39 is 0 Å². The molecule has 0 saturated heterocycles. The molecular formula is C13H17NO. The van der Waals surface area contributed by atoms with E-state index in [0.717, 1.165) is 24.3 Å². The molecule has 0 spiro atoms. The Bertz CT molecular complexity index is 326. The van der Waals surface area contributed by atoms with E-state index in [0.29, 0.717) is 0 Å². The minimum atomic E-state index is 0.241. The third-order valence-electron chi connectivity index (χ3n) is 3.33. The standard InChI is InChI=1S/C13H17NO/c1-10-4-6-11(7-5-10)13(15)12-3-2-8-14-9-12/h2-3,8-11H,4-7H2,1H3. The number of ketones is 1. The molecule has 1 aliphatic rings. The predicted octanol–water partition coefficient (Wildman–Crippen LogP) is 3.09. The Balaban J connectivity index is 2.03. The lowest BCUT2D eigenvalue weighted by Crippen LogP contribution is -2.20. The van der Waals surface area contributed by atoms with Gasteiger partial charge in [0.15, 0.2) is 5.78 Å². The maximum Gasteiger partial charge on any atom is 0.167 e. The molecule has 1 aliphatic carbocycles. The van der Waals surface area contributed by atoms with E-state index >= 15 is 0 Å². The van der Waals surface area contributed by atoms with Crippen LogP contribution in [0.15, 0.2) is 24.5 Å². The first kappa shape index (κ1) is 10.3. The summed E-state index contributed by atoms with van der Waals surface area (Å²) in [5.74, 6) is 1.32. The average molecular weight is 203 g/mol. The highest BCUT2D eigenvalue weighted by atomic mass is 16.1. The van der Waals surface area contributed by atoms with Crippen LogP contribution in [0.3, 0.4) is 0 Å². The monoisotopic (exact) mass is 203 g/mol. The number of carbonyl (C=O) groups is 1. The minimum absolute atomic E-state index is 0.241. The lowest BCUT2D eigenvalue weighted by atomic mass is 9.79. The second-order valence-electron chi connectivity index (χ2n) is 4.56. The Labute approximate surface area is 90.7 Å². The van der Waals surface area contributed by atoms with E-state index in [9.17, 15) is 4.79 Å². The number of rotatable bonds is 2. The number of nitrogens with zero attached hydrogens (tertiary/aromatic N) is 1. The molecule has 1 aromatic rings. The molecule has 0 aliphatic heterocycles. The van der Waals surface area contributed by atoms with Crippen molar-refractivity contribution >= 4 is 5.78 Å². The van der Waals surface area contributed by atoms with Gasteiger partial charge in [0.2, 0.25) is 0 Å². The lowest BCUT2D eigenvalue weighted by Gasteiger charge is -2.24. The fraction of sp³-hybridized carbons (Fsp3) is 0.538. The van der Waals surface area contributed by atoms with Gasteiger partial charge in [-0.2, -0.15) is 0 Å². The van der Waals surface area contributed by atoms with Crippen LogP contribution in [0.1, 0.15) is 43.0 Å². The average Bonchev–Trinajstić information content (AvgIpc) is 2.30. The lowest BCUT2D eigenvalue weighted by molar-refractivity contribution is 0.0875. The normalized spacial score (nSPS) is 26.2. The van der Waals surface area contributed by atoms with Crippen LogP contribution in [0, 0.1) is 11.8 Å². The second-order valence-corrected chi connectivity index (χ2v) is 4.56. The highest BCUT2D eigenvalue weighted by Gasteiger charge is 2.24. The minimum Gasteiger partial charge on any atom is -0.294 e. The van der Waals surface area contributed by atoms with Crippen molar-refractivity contribution in [2.45, 2.75) is 32.6 Å². The largest absolute Gasteiger partial charge is 0.294 e. The van der Waals surface area contributed by atoms with Crippen molar-refractivity contribution in [3.63, 3.8) is 0 Å². The first-order chi connectivity index (χ1) is 7.27. The Morgan fingerprint density at radius 3 is 2.67 bits per heavy atom. The van der Waals surface area contributed by atoms with E-state index in [4.69, 9.17) is 0 Å². The van der Waals surface area contributed by atoms with Crippen molar-refractivity contribution < 1.29 is 4.79 Å². The summed E-state index contributed by atoms with van der Waals surface area (Å²) < 4.78 is 0. The number of hydrogen-bond acceptors (Lipinski definition) is 2. The molecule has 0 bridgehead atoms. The molecule has 15 heavy (non-hydrogen) atoms. The quantitative estimate of drug-likeness (QED) is 0.691. The molecule has 0 unspecified atom stereocenters. The zero-order valence-electron chi connectivity index (χ0n) is 9.15. The van der Waals surface area contributed by atoms with Gasteiger partial charge in [0.05, 0.1) is 0 Å². The van der Waals surface area contributed by atoms with Crippen molar-refractivity contribution in [2.75, 3.05) is 0 Å². The zero-order valence-corrected chi connectivity index (χ0v) is 9.15. The van der Waals surface area contributed by atoms with Gasteiger partial charge >= 0.3 is 0 Å². The number of hydrogen-bond donors (Lipinski definition) is 0. The van der Waals surface area contributed by atoms with Gasteiger partial charge in [0, 0.05) is 23.9 Å². The van der Waals surface area contributed by atoms with Crippen LogP contribution >= 0.6 is 0 Å². The van der Waals surface area contributed by atoms with Crippen LogP contribution in [0.2, 0.25) is 0 Å². The van der Waals surface area contributed by atoms with E-state index in [2.05, 4.69) is 11.9 Å². The topological polar surface area (TPSA) is 30.0 Å². The van der Waals surface area contributed by atoms with E-state index in [1.54, 1.807) is 12.4 Å². The predicted molar refractivity (Wildman–Crippen MR) is 59.7 cm³/mol. The molecule has 1 aromatic heterocycles. The Hall–Kier alpha value is -1.18. The van der Waals surface area contributed by atoms with Crippen LogP contribution < -0.4 is 0 Å². The summed E-state index contributed by atoms with van der Waals surface area (Å²) in [6.45, 7) is 2.27. The van der Waals surface area contributed by atoms with Crippen LogP contribution in [0.25, 0.3) is 0 Å². The Kier molecular flexibility index (Phi) is 3.14.